The van der Waals surface area contributed by atoms with Crippen molar-refractivity contribution in [2.45, 2.75) is 33.1 Å². The third-order valence-corrected chi connectivity index (χ3v) is 5.28. The zero-order valence-corrected chi connectivity index (χ0v) is 13.7. The van der Waals surface area contributed by atoms with E-state index in [4.69, 9.17) is 9.84 Å². The molecule has 1 heterocycles. The largest absolute Gasteiger partial charge is 0.484 e. The predicted molar refractivity (Wildman–Crippen MR) is 85.4 cm³/mol. The van der Waals surface area contributed by atoms with E-state index in [9.17, 15) is 9.59 Å². The van der Waals surface area contributed by atoms with E-state index in [0.29, 0.717) is 13.1 Å². The van der Waals surface area contributed by atoms with Crippen LogP contribution in [-0.2, 0) is 9.59 Å². The van der Waals surface area contributed by atoms with Crippen molar-refractivity contribution >= 4 is 11.9 Å². The molecule has 23 heavy (non-hydrogen) atoms. The van der Waals surface area contributed by atoms with E-state index < -0.39 is 5.97 Å². The van der Waals surface area contributed by atoms with Gasteiger partial charge in [0, 0.05) is 13.1 Å². The van der Waals surface area contributed by atoms with Crippen LogP contribution in [-0.4, -0.2) is 41.6 Å². The van der Waals surface area contributed by atoms with Crippen molar-refractivity contribution in [2.24, 2.45) is 11.3 Å². The van der Waals surface area contributed by atoms with Crippen LogP contribution in [0.3, 0.4) is 0 Å². The fraction of sp³-hybridized carbons (Fsp3) is 0.556. The van der Waals surface area contributed by atoms with Crippen LogP contribution in [0.5, 0.6) is 5.75 Å². The summed E-state index contributed by atoms with van der Waals surface area (Å²) < 4.78 is 5.65. The molecule has 1 saturated heterocycles. The van der Waals surface area contributed by atoms with Gasteiger partial charge in [0.25, 0.3) is 5.91 Å². The molecule has 5 nitrogen and oxygen atoms in total. The molecule has 0 aromatic heterocycles. The number of rotatable bonds is 4. The number of ether oxygens (including phenoxy) is 1. The lowest BCUT2D eigenvalue weighted by Crippen LogP contribution is -2.42. The summed E-state index contributed by atoms with van der Waals surface area (Å²) in [7, 11) is 0. The number of aryl methyl sites for hydroxylation is 2. The normalized spacial score (nSPS) is 22.0. The molecule has 1 amide bonds. The highest BCUT2D eigenvalue weighted by molar-refractivity contribution is 5.78. The number of piperidine rings is 1. The molecule has 1 aromatic carbocycles. The monoisotopic (exact) mass is 317 g/mol. The lowest BCUT2D eigenvalue weighted by molar-refractivity contribution is -0.140. The Balaban J connectivity index is 1.49. The molecule has 2 fully saturated rings. The van der Waals surface area contributed by atoms with E-state index in [0.717, 1.165) is 30.6 Å². The summed E-state index contributed by atoms with van der Waals surface area (Å²) in [6, 6.07) is 5.89. The molecule has 1 unspecified atom stereocenters. The number of carboxylic acids is 1. The van der Waals surface area contributed by atoms with Gasteiger partial charge in [-0.05, 0) is 50.2 Å². The van der Waals surface area contributed by atoms with Gasteiger partial charge in [0.1, 0.15) is 5.75 Å². The van der Waals surface area contributed by atoms with Gasteiger partial charge in [0.05, 0.1) is 5.92 Å². The first-order valence-corrected chi connectivity index (χ1v) is 8.12. The molecule has 1 aromatic rings. The van der Waals surface area contributed by atoms with E-state index in [1.807, 2.05) is 32.0 Å². The number of aliphatic carboxylic acids is 1. The van der Waals surface area contributed by atoms with Gasteiger partial charge < -0.3 is 14.7 Å². The summed E-state index contributed by atoms with van der Waals surface area (Å²) in [5.41, 5.74) is 2.15. The minimum Gasteiger partial charge on any atom is -0.484 e. The molecule has 0 bridgehead atoms. The first-order valence-electron chi connectivity index (χ1n) is 8.12. The average molecular weight is 317 g/mol. The fourth-order valence-electron chi connectivity index (χ4n) is 3.64. The SMILES string of the molecule is Cc1ccc(OCC(=O)N2CCC3(CC2)CC3C(=O)O)c(C)c1. The molecule has 0 radical (unpaired) electrons. The van der Waals surface area contributed by atoms with Crippen LogP contribution in [0.4, 0.5) is 0 Å². The highest BCUT2D eigenvalue weighted by Gasteiger charge is 2.59. The summed E-state index contributed by atoms with van der Waals surface area (Å²) in [5, 5.41) is 9.10. The second kappa shape index (κ2) is 5.87. The summed E-state index contributed by atoms with van der Waals surface area (Å²) in [6.07, 6.45) is 2.35. The summed E-state index contributed by atoms with van der Waals surface area (Å²) >= 11 is 0. The Morgan fingerprint density at radius 1 is 1.30 bits per heavy atom. The van der Waals surface area contributed by atoms with Gasteiger partial charge in [0.15, 0.2) is 6.61 Å². The maximum atomic E-state index is 12.3. The highest BCUT2D eigenvalue weighted by Crippen LogP contribution is 2.59. The molecular formula is C18H23NO4. The van der Waals surface area contributed by atoms with Gasteiger partial charge in [-0.1, -0.05) is 17.7 Å². The Kier molecular flexibility index (Phi) is 4.04. The van der Waals surface area contributed by atoms with Gasteiger partial charge in [-0.15, -0.1) is 0 Å². The minimum atomic E-state index is -0.692. The van der Waals surface area contributed by atoms with Crippen molar-refractivity contribution < 1.29 is 19.4 Å². The molecular weight excluding hydrogens is 294 g/mol. The summed E-state index contributed by atoms with van der Waals surface area (Å²) in [6.45, 7) is 5.31. The van der Waals surface area contributed by atoms with Crippen molar-refractivity contribution in [1.82, 2.24) is 4.90 Å². The number of carbonyl (C=O) groups excluding carboxylic acids is 1. The number of hydrogen-bond acceptors (Lipinski definition) is 3. The Morgan fingerprint density at radius 2 is 2.00 bits per heavy atom. The summed E-state index contributed by atoms with van der Waals surface area (Å²) in [5.74, 6) is -0.174. The topological polar surface area (TPSA) is 66.8 Å². The first kappa shape index (κ1) is 15.8. The van der Waals surface area contributed by atoms with Gasteiger partial charge in [-0.3, -0.25) is 9.59 Å². The Morgan fingerprint density at radius 3 is 2.57 bits per heavy atom. The zero-order valence-electron chi connectivity index (χ0n) is 13.7. The van der Waals surface area contributed by atoms with E-state index >= 15 is 0 Å². The molecule has 1 aliphatic carbocycles. The van der Waals surface area contributed by atoms with Crippen LogP contribution in [0, 0.1) is 25.2 Å². The molecule has 1 aliphatic heterocycles. The van der Waals surface area contributed by atoms with Crippen LogP contribution >= 0.6 is 0 Å². The van der Waals surface area contributed by atoms with Crippen molar-refractivity contribution in [2.75, 3.05) is 19.7 Å². The smallest absolute Gasteiger partial charge is 0.307 e. The number of nitrogens with zero attached hydrogens (tertiary/aromatic N) is 1. The Labute approximate surface area is 136 Å². The standard InChI is InChI=1S/C18H23NO4/c1-12-3-4-15(13(2)9-12)23-11-16(20)19-7-5-18(6-8-19)10-14(18)17(21)22/h3-4,9,14H,5-8,10-11H2,1-2H3,(H,21,22). The zero-order chi connectivity index (χ0) is 16.6. The molecule has 124 valence electrons. The van der Waals surface area contributed by atoms with Crippen LogP contribution in [0.2, 0.25) is 0 Å². The Bertz CT molecular complexity index is 632. The number of amides is 1. The van der Waals surface area contributed by atoms with Crippen LogP contribution in [0.1, 0.15) is 30.4 Å². The Hall–Kier alpha value is -2.04. The number of likely N-dealkylation sites (tertiary alicyclic amines) is 1. The number of benzene rings is 1. The maximum Gasteiger partial charge on any atom is 0.307 e. The highest BCUT2D eigenvalue weighted by atomic mass is 16.5. The summed E-state index contributed by atoms with van der Waals surface area (Å²) in [4.78, 5) is 25.1. The van der Waals surface area contributed by atoms with Crippen LogP contribution in [0.15, 0.2) is 18.2 Å². The molecule has 1 atom stereocenters. The van der Waals surface area contributed by atoms with Crippen molar-refractivity contribution in [3.8, 4) is 5.75 Å². The average Bonchev–Trinajstić information content (AvgIpc) is 3.21. The second-order valence-corrected chi connectivity index (χ2v) is 6.90. The molecule has 2 aliphatic rings. The fourth-order valence-corrected chi connectivity index (χ4v) is 3.64. The van der Waals surface area contributed by atoms with Gasteiger partial charge in [0.2, 0.25) is 0 Å². The lowest BCUT2D eigenvalue weighted by atomic mass is 9.91. The van der Waals surface area contributed by atoms with Crippen molar-refractivity contribution in [3.63, 3.8) is 0 Å². The third kappa shape index (κ3) is 3.19. The number of hydrogen-bond donors (Lipinski definition) is 1. The minimum absolute atomic E-state index is 0.0210. The second-order valence-electron chi connectivity index (χ2n) is 6.90. The van der Waals surface area contributed by atoms with Gasteiger partial charge in [-0.25, -0.2) is 0 Å². The molecule has 5 heteroatoms. The molecule has 1 N–H and O–H groups in total. The molecule has 1 saturated carbocycles. The maximum absolute atomic E-state index is 12.3. The first-order chi connectivity index (χ1) is 10.9. The lowest BCUT2D eigenvalue weighted by Gasteiger charge is -2.32. The van der Waals surface area contributed by atoms with Crippen molar-refractivity contribution in [3.05, 3.63) is 29.3 Å². The van der Waals surface area contributed by atoms with E-state index in [1.54, 1.807) is 4.90 Å². The number of carbonyl (C=O) groups is 2. The third-order valence-electron chi connectivity index (χ3n) is 5.28. The van der Waals surface area contributed by atoms with Crippen LogP contribution in [0.25, 0.3) is 0 Å². The van der Waals surface area contributed by atoms with E-state index in [2.05, 4.69) is 0 Å². The molecule has 3 rings (SSSR count). The molecule has 1 spiro atoms. The van der Waals surface area contributed by atoms with Gasteiger partial charge >= 0.3 is 5.97 Å². The van der Waals surface area contributed by atoms with Crippen molar-refractivity contribution in [1.29, 1.82) is 0 Å². The van der Waals surface area contributed by atoms with Gasteiger partial charge in [-0.2, -0.15) is 0 Å². The van der Waals surface area contributed by atoms with E-state index in [-0.39, 0.29) is 23.8 Å². The van der Waals surface area contributed by atoms with Crippen LogP contribution < -0.4 is 4.74 Å². The van der Waals surface area contributed by atoms with E-state index in [1.165, 1.54) is 5.56 Å². The predicted octanol–water partition coefficient (Wildman–Crippen LogP) is 2.40. The number of carboxylic acid groups (broad SMARTS) is 1. The quantitative estimate of drug-likeness (QED) is 0.926.